The molecule has 1 fully saturated rings. The number of methoxy groups -OCH3 is 1. The van der Waals surface area contributed by atoms with Gasteiger partial charge in [0.05, 0.1) is 23.2 Å². The summed E-state index contributed by atoms with van der Waals surface area (Å²) in [6.45, 7) is 0.0501. The zero-order valence-electron chi connectivity index (χ0n) is 12.7. The Morgan fingerprint density at radius 2 is 1.96 bits per heavy atom. The van der Waals surface area contributed by atoms with Gasteiger partial charge in [0, 0.05) is 13.7 Å². The second-order valence-electron chi connectivity index (χ2n) is 5.36. The van der Waals surface area contributed by atoms with Crippen LogP contribution in [0, 0.1) is 0 Å². The van der Waals surface area contributed by atoms with E-state index in [2.05, 4.69) is 0 Å². The van der Waals surface area contributed by atoms with Gasteiger partial charge in [-0.3, -0.25) is 4.79 Å². The fourth-order valence-corrected chi connectivity index (χ4v) is 4.38. The topological polar surface area (TPSA) is 101 Å². The number of likely N-dealkylation sites (tertiary alicyclic amines) is 1. The van der Waals surface area contributed by atoms with E-state index >= 15 is 0 Å². The van der Waals surface area contributed by atoms with Crippen LogP contribution in [0.3, 0.4) is 0 Å². The third kappa shape index (κ3) is 3.70. The van der Waals surface area contributed by atoms with Crippen molar-refractivity contribution < 1.29 is 27.9 Å². The third-order valence-electron chi connectivity index (χ3n) is 3.90. The standard InChI is InChI=1S/C15H19NO6S/c1-22-8-7-14(17)16-10-12(9-13(16)15(18)19)23(20,21)11-5-3-2-4-6-11/h2-6,12-13H,7-10H2,1H3,(H,18,19)/t12-,13+/m1/s1. The van der Waals surface area contributed by atoms with E-state index < -0.39 is 33.0 Å². The summed E-state index contributed by atoms with van der Waals surface area (Å²) in [7, 11) is -2.24. The summed E-state index contributed by atoms with van der Waals surface area (Å²) in [5.41, 5.74) is 0. The Balaban J connectivity index is 2.23. The number of carboxylic acid groups (broad SMARTS) is 1. The lowest BCUT2D eigenvalue weighted by atomic mass is 10.2. The first-order valence-electron chi connectivity index (χ1n) is 7.18. The van der Waals surface area contributed by atoms with Crippen LogP contribution < -0.4 is 0 Å². The molecule has 1 saturated heterocycles. The molecule has 1 heterocycles. The van der Waals surface area contributed by atoms with Crippen LogP contribution in [-0.4, -0.2) is 61.9 Å². The summed E-state index contributed by atoms with van der Waals surface area (Å²) >= 11 is 0. The molecule has 1 N–H and O–H groups in total. The van der Waals surface area contributed by atoms with Crippen molar-refractivity contribution in [1.82, 2.24) is 4.90 Å². The minimum absolute atomic E-state index is 0.0262. The van der Waals surface area contributed by atoms with Gasteiger partial charge in [-0.15, -0.1) is 0 Å². The lowest BCUT2D eigenvalue weighted by Gasteiger charge is -2.21. The van der Waals surface area contributed by atoms with Crippen LogP contribution in [0.4, 0.5) is 0 Å². The predicted octanol–water partition coefficient (Wildman–Crippen LogP) is 0.551. The summed E-state index contributed by atoms with van der Waals surface area (Å²) in [5.74, 6) is -1.61. The summed E-state index contributed by atoms with van der Waals surface area (Å²) in [5, 5.41) is 8.37. The zero-order valence-corrected chi connectivity index (χ0v) is 13.5. The van der Waals surface area contributed by atoms with Gasteiger partial charge in [0.2, 0.25) is 5.91 Å². The Morgan fingerprint density at radius 3 is 2.52 bits per heavy atom. The van der Waals surface area contributed by atoms with E-state index in [1.54, 1.807) is 18.2 Å². The molecule has 1 aromatic rings. The van der Waals surface area contributed by atoms with Crippen molar-refractivity contribution in [2.45, 2.75) is 29.0 Å². The molecule has 0 radical (unpaired) electrons. The predicted molar refractivity (Wildman–Crippen MR) is 81.7 cm³/mol. The molecule has 1 aromatic carbocycles. The van der Waals surface area contributed by atoms with Crippen molar-refractivity contribution >= 4 is 21.7 Å². The number of aliphatic carboxylic acids is 1. The van der Waals surface area contributed by atoms with Gasteiger partial charge in [0.15, 0.2) is 9.84 Å². The van der Waals surface area contributed by atoms with Crippen molar-refractivity contribution in [3.63, 3.8) is 0 Å². The summed E-state index contributed by atoms with van der Waals surface area (Å²) in [6.07, 6.45) is -0.0797. The van der Waals surface area contributed by atoms with Gasteiger partial charge in [-0.1, -0.05) is 18.2 Å². The first-order valence-corrected chi connectivity index (χ1v) is 8.72. The molecule has 0 spiro atoms. The Morgan fingerprint density at radius 1 is 1.30 bits per heavy atom. The number of carboxylic acids is 1. The van der Waals surface area contributed by atoms with Crippen LogP contribution in [0.2, 0.25) is 0 Å². The molecule has 0 aromatic heterocycles. The van der Waals surface area contributed by atoms with Crippen molar-refractivity contribution in [3.05, 3.63) is 30.3 Å². The molecule has 0 bridgehead atoms. The average molecular weight is 341 g/mol. The normalized spacial score (nSPS) is 21.3. The number of ether oxygens (including phenoxy) is 1. The molecular formula is C15H19NO6S. The van der Waals surface area contributed by atoms with Crippen LogP contribution in [0.15, 0.2) is 35.2 Å². The largest absolute Gasteiger partial charge is 0.480 e. The SMILES string of the molecule is COCCC(=O)N1C[C@H](S(=O)(=O)c2ccccc2)C[C@H]1C(=O)O. The molecule has 1 aliphatic heterocycles. The molecule has 1 aliphatic rings. The van der Waals surface area contributed by atoms with Crippen LogP contribution in [-0.2, 0) is 24.2 Å². The number of sulfone groups is 1. The molecule has 7 nitrogen and oxygen atoms in total. The number of amides is 1. The summed E-state index contributed by atoms with van der Waals surface area (Å²) in [4.78, 5) is 24.8. The molecule has 1 amide bonds. The maximum atomic E-state index is 12.6. The lowest BCUT2D eigenvalue weighted by Crippen LogP contribution is -2.41. The number of hydrogen-bond donors (Lipinski definition) is 1. The average Bonchev–Trinajstić information content (AvgIpc) is 3.00. The number of carbonyl (C=O) groups is 2. The molecule has 0 unspecified atom stereocenters. The zero-order chi connectivity index (χ0) is 17.0. The van der Waals surface area contributed by atoms with Crippen molar-refractivity contribution in [2.75, 3.05) is 20.3 Å². The van der Waals surface area contributed by atoms with Gasteiger partial charge in [-0.2, -0.15) is 0 Å². The molecule has 23 heavy (non-hydrogen) atoms. The molecule has 8 heteroatoms. The highest BCUT2D eigenvalue weighted by Gasteiger charge is 2.45. The number of hydrogen-bond acceptors (Lipinski definition) is 5. The van der Waals surface area contributed by atoms with Crippen LogP contribution in [0.5, 0.6) is 0 Å². The fourth-order valence-electron chi connectivity index (χ4n) is 2.67. The van der Waals surface area contributed by atoms with E-state index in [1.807, 2.05) is 0 Å². The van der Waals surface area contributed by atoms with E-state index in [4.69, 9.17) is 4.74 Å². The monoisotopic (exact) mass is 341 g/mol. The van der Waals surface area contributed by atoms with Gasteiger partial charge >= 0.3 is 5.97 Å². The highest BCUT2D eigenvalue weighted by molar-refractivity contribution is 7.92. The number of nitrogens with zero attached hydrogens (tertiary/aromatic N) is 1. The van der Waals surface area contributed by atoms with Crippen molar-refractivity contribution in [1.29, 1.82) is 0 Å². The minimum atomic E-state index is -3.68. The second kappa shape index (κ2) is 7.10. The second-order valence-corrected chi connectivity index (χ2v) is 7.59. The van der Waals surface area contributed by atoms with E-state index in [1.165, 1.54) is 19.2 Å². The maximum Gasteiger partial charge on any atom is 0.326 e. The van der Waals surface area contributed by atoms with Crippen LogP contribution in [0.25, 0.3) is 0 Å². The molecular weight excluding hydrogens is 322 g/mol. The highest BCUT2D eigenvalue weighted by Crippen LogP contribution is 2.28. The minimum Gasteiger partial charge on any atom is -0.480 e. The van der Waals surface area contributed by atoms with E-state index in [0.29, 0.717) is 0 Å². The van der Waals surface area contributed by atoms with Gasteiger partial charge in [0.25, 0.3) is 0 Å². The molecule has 0 saturated carbocycles. The van der Waals surface area contributed by atoms with Crippen molar-refractivity contribution in [2.24, 2.45) is 0 Å². The first-order chi connectivity index (χ1) is 10.9. The highest BCUT2D eigenvalue weighted by atomic mass is 32.2. The molecule has 126 valence electrons. The Kier molecular flexibility index (Phi) is 5.38. The van der Waals surface area contributed by atoms with Gasteiger partial charge in [-0.05, 0) is 18.6 Å². The Bertz CT molecular complexity index is 672. The molecule has 2 rings (SSSR count). The quantitative estimate of drug-likeness (QED) is 0.811. The number of rotatable bonds is 6. The van der Waals surface area contributed by atoms with Gasteiger partial charge < -0.3 is 14.7 Å². The first kappa shape index (κ1) is 17.4. The van der Waals surface area contributed by atoms with Crippen LogP contribution >= 0.6 is 0 Å². The number of benzene rings is 1. The van der Waals surface area contributed by atoms with E-state index in [-0.39, 0.29) is 30.9 Å². The summed E-state index contributed by atoms with van der Waals surface area (Å²) in [6, 6.07) is 6.74. The lowest BCUT2D eigenvalue weighted by molar-refractivity contribution is -0.148. The Hall–Kier alpha value is -1.93. The van der Waals surface area contributed by atoms with E-state index in [0.717, 1.165) is 4.90 Å². The fraction of sp³-hybridized carbons (Fsp3) is 0.467. The van der Waals surface area contributed by atoms with Crippen molar-refractivity contribution in [3.8, 4) is 0 Å². The smallest absolute Gasteiger partial charge is 0.326 e. The van der Waals surface area contributed by atoms with Gasteiger partial charge in [-0.25, -0.2) is 13.2 Å². The van der Waals surface area contributed by atoms with Crippen LogP contribution in [0.1, 0.15) is 12.8 Å². The Labute approximate surface area is 134 Å². The maximum absolute atomic E-state index is 12.6. The van der Waals surface area contributed by atoms with Gasteiger partial charge in [0.1, 0.15) is 6.04 Å². The third-order valence-corrected chi connectivity index (χ3v) is 6.05. The number of carbonyl (C=O) groups excluding carboxylic acids is 1. The van der Waals surface area contributed by atoms with E-state index in [9.17, 15) is 23.1 Å². The summed E-state index contributed by atoms with van der Waals surface area (Å²) < 4.78 is 30.1. The molecule has 2 atom stereocenters. The molecule has 0 aliphatic carbocycles.